The number of nitrogens with zero attached hydrogens (tertiary/aromatic N) is 1. The summed E-state index contributed by atoms with van der Waals surface area (Å²) >= 11 is 0. The maximum absolute atomic E-state index is 12.0. The normalized spacial score (nSPS) is 10.4. The van der Waals surface area contributed by atoms with Gasteiger partial charge in [-0.05, 0) is 36.2 Å². The Balaban J connectivity index is 1.92. The predicted octanol–water partition coefficient (Wildman–Crippen LogP) is 1.78. The second-order valence-electron chi connectivity index (χ2n) is 5.42. The van der Waals surface area contributed by atoms with E-state index in [4.69, 9.17) is 15.2 Å². The second kappa shape index (κ2) is 10.4. The van der Waals surface area contributed by atoms with E-state index in [-0.39, 0.29) is 12.5 Å². The Morgan fingerprint density at radius 2 is 1.89 bits per heavy atom. The molecule has 27 heavy (non-hydrogen) atoms. The number of primary amides is 1. The molecule has 0 atom stereocenters. The van der Waals surface area contributed by atoms with Crippen LogP contribution in [0.3, 0.4) is 0 Å². The molecule has 0 aliphatic rings. The highest BCUT2D eigenvalue weighted by Crippen LogP contribution is 2.28. The number of urea groups is 1. The molecule has 0 radical (unpaired) electrons. The van der Waals surface area contributed by atoms with Gasteiger partial charge in [0, 0.05) is 6.54 Å². The van der Waals surface area contributed by atoms with Gasteiger partial charge in [0.05, 0.1) is 12.8 Å². The first-order chi connectivity index (χ1) is 13.1. The van der Waals surface area contributed by atoms with Crippen LogP contribution in [-0.4, -0.2) is 31.4 Å². The summed E-state index contributed by atoms with van der Waals surface area (Å²) in [6, 6.07) is 13.9. The van der Waals surface area contributed by atoms with Gasteiger partial charge in [0.2, 0.25) is 0 Å². The monoisotopic (exact) mass is 370 g/mol. The van der Waals surface area contributed by atoms with Crippen molar-refractivity contribution in [3.8, 4) is 11.5 Å². The maximum atomic E-state index is 12.0. The Morgan fingerprint density at radius 3 is 2.59 bits per heavy atom. The smallest absolute Gasteiger partial charge is 0.332 e. The minimum atomic E-state index is -0.752. The van der Waals surface area contributed by atoms with Gasteiger partial charge >= 0.3 is 6.03 Å². The lowest BCUT2D eigenvalue weighted by Gasteiger charge is -2.12. The van der Waals surface area contributed by atoms with Gasteiger partial charge in [-0.2, -0.15) is 5.10 Å². The van der Waals surface area contributed by atoms with E-state index in [1.165, 1.54) is 6.21 Å². The zero-order valence-electron chi connectivity index (χ0n) is 15.0. The van der Waals surface area contributed by atoms with Gasteiger partial charge in [0.1, 0.15) is 0 Å². The van der Waals surface area contributed by atoms with Crippen molar-refractivity contribution in [1.82, 2.24) is 10.7 Å². The number of hydrogen-bond acceptors (Lipinski definition) is 5. The highest BCUT2D eigenvalue weighted by Gasteiger charge is 2.09. The average Bonchev–Trinajstić information content (AvgIpc) is 2.66. The SMILES string of the molecule is CCOc1cc(/C=N/NC(N)=O)ccc1OCC(=O)NCc1ccccc1. The highest BCUT2D eigenvalue weighted by atomic mass is 16.5. The molecule has 0 bridgehead atoms. The van der Waals surface area contributed by atoms with Gasteiger partial charge in [-0.15, -0.1) is 0 Å². The van der Waals surface area contributed by atoms with Gasteiger partial charge in [-0.25, -0.2) is 10.2 Å². The van der Waals surface area contributed by atoms with E-state index in [2.05, 4.69) is 15.8 Å². The largest absolute Gasteiger partial charge is 0.490 e. The molecule has 0 saturated carbocycles. The molecule has 0 saturated heterocycles. The van der Waals surface area contributed by atoms with Gasteiger partial charge in [0.25, 0.3) is 5.91 Å². The number of carbonyl (C=O) groups excluding carboxylic acids is 2. The zero-order valence-corrected chi connectivity index (χ0v) is 15.0. The number of hydrazone groups is 1. The highest BCUT2D eigenvalue weighted by molar-refractivity contribution is 5.82. The molecular formula is C19H22N4O4. The number of ether oxygens (including phenoxy) is 2. The van der Waals surface area contributed by atoms with Crippen LogP contribution in [0.4, 0.5) is 4.79 Å². The van der Waals surface area contributed by atoms with Crippen LogP contribution in [0, 0.1) is 0 Å². The van der Waals surface area contributed by atoms with Crippen LogP contribution in [-0.2, 0) is 11.3 Å². The number of nitrogens with two attached hydrogens (primary N) is 1. The molecule has 2 aromatic rings. The first-order valence-corrected chi connectivity index (χ1v) is 8.37. The van der Waals surface area contributed by atoms with Gasteiger partial charge in [-0.3, -0.25) is 4.79 Å². The molecule has 0 fully saturated rings. The van der Waals surface area contributed by atoms with Crippen molar-refractivity contribution in [2.75, 3.05) is 13.2 Å². The van der Waals surface area contributed by atoms with Gasteiger partial charge in [0.15, 0.2) is 18.1 Å². The van der Waals surface area contributed by atoms with Crippen LogP contribution in [0.5, 0.6) is 11.5 Å². The Hall–Kier alpha value is -3.55. The molecule has 8 heteroatoms. The first-order valence-electron chi connectivity index (χ1n) is 8.37. The van der Waals surface area contributed by atoms with E-state index in [1.54, 1.807) is 18.2 Å². The van der Waals surface area contributed by atoms with Crippen LogP contribution in [0.2, 0.25) is 0 Å². The minimum absolute atomic E-state index is 0.135. The van der Waals surface area contributed by atoms with Crippen molar-refractivity contribution in [1.29, 1.82) is 0 Å². The lowest BCUT2D eigenvalue weighted by molar-refractivity contribution is -0.123. The first kappa shape index (κ1) is 19.8. The fraction of sp³-hybridized carbons (Fsp3) is 0.211. The standard InChI is InChI=1S/C19H22N4O4/c1-2-26-17-10-15(12-22-23-19(20)25)8-9-16(17)27-13-18(24)21-11-14-6-4-3-5-7-14/h3-10,12H,2,11,13H2,1H3,(H,21,24)(H3,20,23,25)/b22-12+. The summed E-state index contributed by atoms with van der Waals surface area (Å²) in [6.45, 7) is 2.57. The number of nitrogens with one attached hydrogen (secondary N) is 2. The minimum Gasteiger partial charge on any atom is -0.490 e. The van der Waals surface area contributed by atoms with E-state index in [0.717, 1.165) is 5.56 Å². The molecule has 0 spiro atoms. The molecule has 2 aromatic carbocycles. The Kier molecular flexibility index (Phi) is 7.65. The third-order valence-corrected chi connectivity index (χ3v) is 3.35. The lowest BCUT2D eigenvalue weighted by Crippen LogP contribution is -2.28. The molecule has 0 aliphatic carbocycles. The molecule has 8 nitrogen and oxygen atoms in total. The summed E-state index contributed by atoms with van der Waals surface area (Å²) in [7, 11) is 0. The number of rotatable bonds is 9. The second-order valence-corrected chi connectivity index (χ2v) is 5.42. The lowest BCUT2D eigenvalue weighted by atomic mass is 10.2. The molecule has 4 N–H and O–H groups in total. The van der Waals surface area contributed by atoms with Crippen molar-refractivity contribution >= 4 is 18.2 Å². The summed E-state index contributed by atoms with van der Waals surface area (Å²) < 4.78 is 11.1. The van der Waals surface area contributed by atoms with Crippen LogP contribution in [0.15, 0.2) is 53.6 Å². The summed E-state index contributed by atoms with van der Waals surface area (Å²) in [5.41, 5.74) is 8.74. The summed E-state index contributed by atoms with van der Waals surface area (Å²) in [5, 5.41) is 6.48. The Bertz CT molecular complexity index is 794. The van der Waals surface area contributed by atoms with Crippen molar-refractivity contribution in [2.24, 2.45) is 10.8 Å². The van der Waals surface area contributed by atoms with Crippen molar-refractivity contribution in [3.63, 3.8) is 0 Å². The molecule has 0 aromatic heterocycles. The maximum Gasteiger partial charge on any atom is 0.332 e. The molecule has 142 valence electrons. The molecular weight excluding hydrogens is 348 g/mol. The molecule has 0 heterocycles. The van der Waals surface area contributed by atoms with Crippen molar-refractivity contribution < 1.29 is 19.1 Å². The number of hydrogen-bond donors (Lipinski definition) is 3. The van der Waals surface area contributed by atoms with Crippen LogP contribution in [0.25, 0.3) is 0 Å². The topological polar surface area (TPSA) is 115 Å². The fourth-order valence-electron chi connectivity index (χ4n) is 2.15. The summed E-state index contributed by atoms with van der Waals surface area (Å²) in [5.74, 6) is 0.667. The predicted molar refractivity (Wildman–Crippen MR) is 102 cm³/mol. The quantitative estimate of drug-likeness (QED) is 0.461. The third kappa shape index (κ3) is 7.07. The van der Waals surface area contributed by atoms with Crippen LogP contribution < -0.4 is 25.9 Å². The Morgan fingerprint density at radius 1 is 1.11 bits per heavy atom. The summed E-state index contributed by atoms with van der Waals surface area (Å²) in [4.78, 5) is 22.6. The van der Waals surface area contributed by atoms with Crippen molar-refractivity contribution in [3.05, 3.63) is 59.7 Å². The van der Waals surface area contributed by atoms with E-state index < -0.39 is 6.03 Å². The average molecular weight is 370 g/mol. The van der Waals surface area contributed by atoms with Gasteiger partial charge in [-0.1, -0.05) is 30.3 Å². The third-order valence-electron chi connectivity index (χ3n) is 3.35. The number of benzene rings is 2. The van der Waals surface area contributed by atoms with Crippen LogP contribution >= 0.6 is 0 Å². The van der Waals surface area contributed by atoms with Gasteiger partial charge < -0.3 is 20.5 Å². The number of amides is 3. The molecule has 2 rings (SSSR count). The molecule has 3 amide bonds. The van der Waals surface area contributed by atoms with Crippen LogP contribution in [0.1, 0.15) is 18.1 Å². The van der Waals surface area contributed by atoms with E-state index in [0.29, 0.717) is 30.2 Å². The number of carbonyl (C=O) groups is 2. The zero-order chi connectivity index (χ0) is 19.5. The van der Waals surface area contributed by atoms with E-state index >= 15 is 0 Å². The Labute approximate surface area is 157 Å². The summed E-state index contributed by atoms with van der Waals surface area (Å²) in [6.07, 6.45) is 1.42. The van der Waals surface area contributed by atoms with E-state index in [1.807, 2.05) is 37.3 Å². The fourth-order valence-corrected chi connectivity index (χ4v) is 2.15. The van der Waals surface area contributed by atoms with E-state index in [9.17, 15) is 9.59 Å². The van der Waals surface area contributed by atoms with Crippen molar-refractivity contribution in [2.45, 2.75) is 13.5 Å². The molecule has 0 unspecified atom stereocenters. The molecule has 0 aliphatic heterocycles.